The molecule has 3 rings (SSSR count). The molecule has 0 saturated heterocycles. The average molecular weight is 321 g/mol. The fraction of sp³-hybridized carbons (Fsp3) is 0.267. The Hall–Kier alpha value is -1.01. The van der Waals surface area contributed by atoms with Gasteiger partial charge in [0.25, 0.3) is 0 Å². The Morgan fingerprint density at radius 2 is 2.15 bits per heavy atom. The second kappa shape index (κ2) is 6.63. The molecule has 0 aliphatic carbocycles. The second-order valence-corrected chi connectivity index (χ2v) is 7.60. The number of hydrogen-bond acceptors (Lipinski definition) is 5. The molecule has 0 aliphatic heterocycles. The number of aryl methyl sites for hydroxylation is 1. The lowest BCUT2D eigenvalue weighted by Crippen LogP contribution is -2.11. The van der Waals surface area contributed by atoms with E-state index >= 15 is 0 Å². The van der Waals surface area contributed by atoms with Crippen LogP contribution in [0.2, 0.25) is 0 Å². The highest BCUT2D eigenvalue weighted by molar-refractivity contribution is 7.14. The van der Waals surface area contributed by atoms with E-state index in [2.05, 4.69) is 46.2 Å². The molecule has 0 aromatic carbocycles. The summed E-state index contributed by atoms with van der Waals surface area (Å²) in [5.41, 5.74) is 1.34. The van der Waals surface area contributed by atoms with Gasteiger partial charge in [0.2, 0.25) is 0 Å². The van der Waals surface area contributed by atoms with Crippen LogP contribution in [0, 0.1) is 0 Å². The minimum absolute atomic E-state index is 0.858. The van der Waals surface area contributed by atoms with Crippen molar-refractivity contribution in [2.24, 2.45) is 0 Å². The highest BCUT2D eigenvalue weighted by Crippen LogP contribution is 2.29. The standard InChI is InChI=1S/C15H16N2S3/c1-2-12-8-17-15(20-12)9-16-7-13-6-11(10-19-13)14-4-3-5-18-14/h3-6,8,10,16H,2,7,9H2,1H3. The van der Waals surface area contributed by atoms with Gasteiger partial charge in [-0.3, -0.25) is 0 Å². The molecule has 3 heterocycles. The number of rotatable bonds is 6. The Kier molecular flexibility index (Phi) is 4.62. The van der Waals surface area contributed by atoms with Crippen LogP contribution < -0.4 is 5.32 Å². The SMILES string of the molecule is CCc1cnc(CNCc2cc(-c3cccs3)cs2)s1. The molecule has 0 spiro atoms. The van der Waals surface area contributed by atoms with E-state index in [4.69, 9.17) is 0 Å². The van der Waals surface area contributed by atoms with Gasteiger partial charge < -0.3 is 5.32 Å². The van der Waals surface area contributed by atoms with Gasteiger partial charge in [-0.25, -0.2) is 4.98 Å². The normalized spacial score (nSPS) is 11.1. The predicted molar refractivity (Wildman–Crippen MR) is 89.7 cm³/mol. The van der Waals surface area contributed by atoms with Crippen LogP contribution in [0.5, 0.6) is 0 Å². The Morgan fingerprint density at radius 3 is 2.90 bits per heavy atom. The number of hydrogen-bond donors (Lipinski definition) is 1. The van der Waals surface area contributed by atoms with Crippen molar-refractivity contribution in [2.75, 3.05) is 0 Å². The predicted octanol–water partition coefficient (Wildman–Crippen LogP) is 4.79. The van der Waals surface area contributed by atoms with Gasteiger partial charge in [-0.2, -0.15) is 0 Å². The van der Waals surface area contributed by atoms with Gasteiger partial charge in [0, 0.05) is 39.5 Å². The Morgan fingerprint density at radius 1 is 1.20 bits per heavy atom. The fourth-order valence-corrected chi connectivity index (χ4v) is 4.41. The summed E-state index contributed by atoms with van der Waals surface area (Å²) in [7, 11) is 0. The highest BCUT2D eigenvalue weighted by Gasteiger charge is 2.04. The van der Waals surface area contributed by atoms with E-state index in [1.165, 1.54) is 25.2 Å². The lowest BCUT2D eigenvalue weighted by atomic mass is 10.2. The van der Waals surface area contributed by atoms with Gasteiger partial charge in [-0.15, -0.1) is 34.0 Å². The van der Waals surface area contributed by atoms with Crippen molar-refractivity contribution in [3.05, 3.63) is 49.9 Å². The van der Waals surface area contributed by atoms with Gasteiger partial charge in [0.1, 0.15) is 5.01 Å². The lowest BCUT2D eigenvalue weighted by molar-refractivity contribution is 0.697. The van der Waals surface area contributed by atoms with Crippen LogP contribution in [-0.2, 0) is 19.5 Å². The summed E-state index contributed by atoms with van der Waals surface area (Å²) < 4.78 is 0. The van der Waals surface area contributed by atoms with Gasteiger partial charge in [0.05, 0.1) is 0 Å². The van der Waals surface area contributed by atoms with E-state index in [0.29, 0.717) is 0 Å². The molecule has 2 nitrogen and oxygen atoms in total. The van der Waals surface area contributed by atoms with Crippen molar-refractivity contribution >= 4 is 34.0 Å². The molecule has 0 fully saturated rings. The first-order valence-corrected chi connectivity index (χ1v) is 9.18. The van der Waals surface area contributed by atoms with Crippen LogP contribution in [-0.4, -0.2) is 4.98 Å². The monoisotopic (exact) mass is 320 g/mol. The van der Waals surface area contributed by atoms with Crippen LogP contribution in [0.25, 0.3) is 10.4 Å². The molecule has 0 radical (unpaired) electrons. The molecule has 0 amide bonds. The third-order valence-corrected chi connectivity index (χ3v) is 5.98. The summed E-state index contributed by atoms with van der Waals surface area (Å²) in [4.78, 5) is 8.51. The summed E-state index contributed by atoms with van der Waals surface area (Å²) in [5.74, 6) is 0. The topological polar surface area (TPSA) is 24.9 Å². The largest absolute Gasteiger partial charge is 0.306 e. The first kappa shape index (κ1) is 13.9. The molecule has 0 unspecified atom stereocenters. The molecule has 3 aromatic heterocycles. The van der Waals surface area contributed by atoms with Crippen molar-refractivity contribution in [2.45, 2.75) is 26.4 Å². The first-order valence-electron chi connectivity index (χ1n) is 6.60. The summed E-state index contributed by atoms with van der Waals surface area (Å²) in [6, 6.07) is 6.55. The zero-order chi connectivity index (χ0) is 13.8. The molecule has 5 heteroatoms. The second-order valence-electron chi connectivity index (χ2n) is 4.46. The number of thiazole rings is 1. The van der Waals surface area contributed by atoms with Crippen molar-refractivity contribution in [1.29, 1.82) is 0 Å². The fourth-order valence-electron chi connectivity index (χ4n) is 1.93. The van der Waals surface area contributed by atoms with Crippen molar-refractivity contribution < 1.29 is 0 Å². The molecule has 1 N–H and O–H groups in total. The summed E-state index contributed by atoms with van der Waals surface area (Å²) in [6.07, 6.45) is 3.06. The number of nitrogens with zero attached hydrogens (tertiary/aromatic N) is 1. The molecular weight excluding hydrogens is 304 g/mol. The van der Waals surface area contributed by atoms with Crippen molar-refractivity contribution in [3.63, 3.8) is 0 Å². The van der Waals surface area contributed by atoms with E-state index in [-0.39, 0.29) is 0 Å². The minimum atomic E-state index is 0.858. The van der Waals surface area contributed by atoms with Crippen LogP contribution in [0.15, 0.2) is 35.2 Å². The number of aromatic nitrogens is 1. The zero-order valence-electron chi connectivity index (χ0n) is 11.3. The van der Waals surface area contributed by atoms with E-state index in [0.717, 1.165) is 19.5 Å². The maximum Gasteiger partial charge on any atom is 0.107 e. The van der Waals surface area contributed by atoms with Crippen LogP contribution in [0.3, 0.4) is 0 Å². The zero-order valence-corrected chi connectivity index (χ0v) is 13.7. The molecule has 0 atom stereocenters. The van der Waals surface area contributed by atoms with E-state index in [9.17, 15) is 0 Å². The van der Waals surface area contributed by atoms with E-state index in [1.807, 2.05) is 17.5 Å². The van der Waals surface area contributed by atoms with Crippen LogP contribution >= 0.6 is 34.0 Å². The minimum Gasteiger partial charge on any atom is -0.306 e. The molecule has 3 aromatic rings. The third-order valence-electron chi connectivity index (χ3n) is 2.98. The molecule has 20 heavy (non-hydrogen) atoms. The Balaban J connectivity index is 1.54. The van der Waals surface area contributed by atoms with Gasteiger partial charge in [0.15, 0.2) is 0 Å². The lowest BCUT2D eigenvalue weighted by Gasteiger charge is -1.99. The van der Waals surface area contributed by atoms with E-state index in [1.54, 1.807) is 22.7 Å². The average Bonchev–Trinajstić information content (AvgIpc) is 3.20. The van der Waals surface area contributed by atoms with Gasteiger partial charge >= 0.3 is 0 Å². The molecule has 104 valence electrons. The summed E-state index contributed by atoms with van der Waals surface area (Å²) >= 11 is 5.42. The maximum absolute atomic E-state index is 4.43. The first-order chi connectivity index (χ1) is 9.85. The smallest absolute Gasteiger partial charge is 0.107 e. The van der Waals surface area contributed by atoms with E-state index < -0.39 is 0 Å². The Bertz CT molecular complexity index is 652. The maximum atomic E-state index is 4.43. The molecule has 0 saturated carbocycles. The number of thiophene rings is 2. The van der Waals surface area contributed by atoms with Crippen LogP contribution in [0.4, 0.5) is 0 Å². The highest BCUT2D eigenvalue weighted by atomic mass is 32.1. The molecule has 0 aliphatic rings. The quantitative estimate of drug-likeness (QED) is 0.706. The summed E-state index contributed by atoms with van der Waals surface area (Å²) in [5, 5.41) is 9.01. The third kappa shape index (κ3) is 3.35. The summed E-state index contributed by atoms with van der Waals surface area (Å²) in [6.45, 7) is 3.94. The van der Waals surface area contributed by atoms with Gasteiger partial charge in [-0.1, -0.05) is 13.0 Å². The van der Waals surface area contributed by atoms with Crippen molar-refractivity contribution in [3.8, 4) is 10.4 Å². The molecular formula is C15H16N2S3. The number of nitrogens with one attached hydrogen (secondary N) is 1. The van der Waals surface area contributed by atoms with Gasteiger partial charge in [-0.05, 0) is 29.3 Å². The Labute approximate surface area is 131 Å². The van der Waals surface area contributed by atoms with Crippen LogP contribution in [0.1, 0.15) is 21.7 Å². The van der Waals surface area contributed by atoms with Crippen molar-refractivity contribution in [1.82, 2.24) is 10.3 Å². The molecule has 0 bridgehead atoms.